The van der Waals surface area contributed by atoms with Gasteiger partial charge in [-0.1, -0.05) is 53.7 Å². The highest BCUT2D eigenvalue weighted by Gasteiger charge is 2.25. The van der Waals surface area contributed by atoms with Gasteiger partial charge in [0.05, 0.1) is 5.71 Å². The van der Waals surface area contributed by atoms with Crippen LogP contribution >= 0.6 is 11.8 Å². The second-order valence-corrected chi connectivity index (χ2v) is 5.51. The van der Waals surface area contributed by atoms with Crippen LogP contribution in [0.5, 0.6) is 0 Å². The Hall–Kier alpha value is -1.74. The van der Waals surface area contributed by atoms with Crippen LogP contribution < -0.4 is 0 Å². The molecule has 2 nitrogen and oxygen atoms in total. The van der Waals surface area contributed by atoms with Crippen molar-refractivity contribution in [2.75, 3.05) is 0 Å². The number of hydrogen-bond acceptors (Lipinski definition) is 3. The highest BCUT2D eigenvalue weighted by Crippen LogP contribution is 2.44. The fourth-order valence-corrected chi connectivity index (χ4v) is 3.55. The molecule has 3 rings (SSSR count). The van der Waals surface area contributed by atoms with Gasteiger partial charge in [0.25, 0.3) is 0 Å². The highest BCUT2D eigenvalue weighted by atomic mass is 32.2. The van der Waals surface area contributed by atoms with E-state index in [2.05, 4.69) is 23.4 Å². The fourth-order valence-electron chi connectivity index (χ4n) is 2.24. The standard InChI is InChI=1S/C15H13NOS/c17-16-13-10-15(11-6-2-1-3-7-11)18-14-9-5-4-8-12(13)14/h1-9,15,17H,10H2/b16-13+/t15-/m1/s1. The van der Waals surface area contributed by atoms with Crippen LogP contribution in [0.15, 0.2) is 64.6 Å². The quantitative estimate of drug-likeness (QED) is 0.614. The first-order valence-electron chi connectivity index (χ1n) is 5.90. The average molecular weight is 255 g/mol. The zero-order chi connectivity index (χ0) is 12.4. The molecule has 0 amide bonds. The number of thioether (sulfide) groups is 1. The molecule has 0 saturated carbocycles. The maximum atomic E-state index is 9.18. The van der Waals surface area contributed by atoms with Crippen molar-refractivity contribution < 1.29 is 5.21 Å². The zero-order valence-corrected chi connectivity index (χ0v) is 10.6. The monoisotopic (exact) mass is 255 g/mol. The van der Waals surface area contributed by atoms with Gasteiger partial charge in [-0.25, -0.2) is 0 Å². The topological polar surface area (TPSA) is 32.6 Å². The Morgan fingerprint density at radius 2 is 1.72 bits per heavy atom. The minimum Gasteiger partial charge on any atom is -0.411 e. The van der Waals surface area contributed by atoms with Crippen molar-refractivity contribution in [3.8, 4) is 0 Å². The van der Waals surface area contributed by atoms with E-state index in [-0.39, 0.29) is 0 Å². The first-order chi connectivity index (χ1) is 8.88. The molecule has 1 aliphatic rings. The van der Waals surface area contributed by atoms with Gasteiger partial charge in [0.1, 0.15) is 0 Å². The van der Waals surface area contributed by atoms with Crippen LogP contribution in [-0.2, 0) is 0 Å². The van der Waals surface area contributed by atoms with Gasteiger partial charge < -0.3 is 5.21 Å². The van der Waals surface area contributed by atoms with Gasteiger partial charge in [-0.15, -0.1) is 11.8 Å². The van der Waals surface area contributed by atoms with Crippen LogP contribution in [0.25, 0.3) is 0 Å². The van der Waals surface area contributed by atoms with Gasteiger partial charge in [-0.2, -0.15) is 0 Å². The smallest absolute Gasteiger partial charge is 0.0893 e. The van der Waals surface area contributed by atoms with Crippen LogP contribution in [0.4, 0.5) is 0 Å². The van der Waals surface area contributed by atoms with E-state index >= 15 is 0 Å². The summed E-state index contributed by atoms with van der Waals surface area (Å²) >= 11 is 1.84. The summed E-state index contributed by atoms with van der Waals surface area (Å²) in [7, 11) is 0. The molecular formula is C15H13NOS. The number of fused-ring (bicyclic) bond motifs is 1. The number of rotatable bonds is 1. The molecular weight excluding hydrogens is 242 g/mol. The molecule has 0 fully saturated rings. The molecule has 1 heterocycles. The van der Waals surface area contributed by atoms with Crippen molar-refractivity contribution in [2.24, 2.45) is 5.16 Å². The van der Waals surface area contributed by atoms with Crippen LogP contribution in [0, 0.1) is 0 Å². The van der Waals surface area contributed by atoms with Crippen LogP contribution in [0.1, 0.15) is 22.8 Å². The predicted molar refractivity (Wildman–Crippen MR) is 74.4 cm³/mol. The number of hydrogen-bond donors (Lipinski definition) is 1. The summed E-state index contributed by atoms with van der Waals surface area (Å²) in [5, 5.41) is 13.0. The lowest BCUT2D eigenvalue weighted by molar-refractivity contribution is 0.317. The van der Waals surface area contributed by atoms with Gasteiger partial charge in [-0.3, -0.25) is 0 Å². The predicted octanol–water partition coefficient (Wildman–Crippen LogP) is 4.10. The lowest BCUT2D eigenvalue weighted by Gasteiger charge is -2.24. The van der Waals surface area contributed by atoms with E-state index in [1.54, 1.807) is 0 Å². The number of oxime groups is 1. The molecule has 0 bridgehead atoms. The van der Waals surface area contributed by atoms with Gasteiger partial charge in [0.2, 0.25) is 0 Å². The van der Waals surface area contributed by atoms with Crippen LogP contribution in [0.2, 0.25) is 0 Å². The van der Waals surface area contributed by atoms with Crippen molar-refractivity contribution in [1.29, 1.82) is 0 Å². The van der Waals surface area contributed by atoms with E-state index < -0.39 is 0 Å². The Morgan fingerprint density at radius 1 is 1.00 bits per heavy atom. The normalized spacial score (nSPS) is 20.7. The third-order valence-corrected chi connectivity index (χ3v) is 4.47. The number of nitrogens with zero attached hydrogens (tertiary/aromatic N) is 1. The molecule has 1 N–H and O–H groups in total. The molecule has 18 heavy (non-hydrogen) atoms. The van der Waals surface area contributed by atoms with E-state index in [1.807, 2.05) is 48.2 Å². The molecule has 0 unspecified atom stereocenters. The van der Waals surface area contributed by atoms with Crippen molar-refractivity contribution in [3.63, 3.8) is 0 Å². The molecule has 0 radical (unpaired) electrons. The Kier molecular flexibility index (Phi) is 3.07. The summed E-state index contributed by atoms with van der Waals surface area (Å²) in [5.41, 5.74) is 3.11. The maximum Gasteiger partial charge on any atom is 0.0893 e. The van der Waals surface area contributed by atoms with Gasteiger partial charge in [0.15, 0.2) is 0 Å². The summed E-state index contributed by atoms with van der Waals surface area (Å²) in [6.07, 6.45) is 0.766. The van der Waals surface area contributed by atoms with Crippen molar-refractivity contribution >= 4 is 17.5 Å². The molecule has 2 aromatic carbocycles. The van der Waals surface area contributed by atoms with E-state index in [4.69, 9.17) is 0 Å². The van der Waals surface area contributed by atoms with Gasteiger partial charge in [-0.05, 0) is 11.6 Å². The second-order valence-electron chi connectivity index (χ2n) is 4.26. The minimum atomic E-state index is 0.326. The molecule has 0 saturated heterocycles. The van der Waals surface area contributed by atoms with Crippen molar-refractivity contribution in [2.45, 2.75) is 16.6 Å². The largest absolute Gasteiger partial charge is 0.411 e. The van der Waals surface area contributed by atoms with Crippen molar-refractivity contribution in [1.82, 2.24) is 0 Å². The summed E-state index contributed by atoms with van der Waals surface area (Å²) in [6.45, 7) is 0. The average Bonchev–Trinajstić information content (AvgIpc) is 2.47. The van der Waals surface area contributed by atoms with E-state index in [0.29, 0.717) is 5.25 Å². The molecule has 2 aromatic rings. The lowest BCUT2D eigenvalue weighted by Crippen LogP contribution is -2.13. The first kappa shape index (κ1) is 11.4. The summed E-state index contributed by atoms with van der Waals surface area (Å²) in [4.78, 5) is 1.19. The Balaban J connectivity index is 2.00. The van der Waals surface area contributed by atoms with Crippen LogP contribution in [0.3, 0.4) is 0 Å². The molecule has 0 aromatic heterocycles. The summed E-state index contributed by atoms with van der Waals surface area (Å²) in [6, 6.07) is 18.5. The van der Waals surface area contributed by atoms with E-state index in [1.165, 1.54) is 10.5 Å². The molecule has 0 spiro atoms. The Bertz CT molecular complexity index is 580. The van der Waals surface area contributed by atoms with Gasteiger partial charge >= 0.3 is 0 Å². The SMILES string of the molecule is O/N=C1\C[C@H](c2ccccc2)Sc2ccccc21. The van der Waals surface area contributed by atoms with Crippen molar-refractivity contribution in [3.05, 3.63) is 65.7 Å². The third-order valence-electron chi connectivity index (χ3n) is 3.14. The molecule has 90 valence electrons. The van der Waals surface area contributed by atoms with Gasteiger partial charge in [0, 0.05) is 22.1 Å². The molecule has 3 heteroatoms. The second kappa shape index (κ2) is 4.86. The molecule has 1 atom stereocenters. The Morgan fingerprint density at radius 3 is 2.50 bits per heavy atom. The summed E-state index contributed by atoms with van der Waals surface area (Å²) < 4.78 is 0. The maximum absolute atomic E-state index is 9.18. The van der Waals surface area contributed by atoms with Crippen LogP contribution in [-0.4, -0.2) is 10.9 Å². The number of benzene rings is 2. The Labute approximate surface area is 110 Å². The van der Waals surface area contributed by atoms with E-state index in [0.717, 1.165) is 17.7 Å². The summed E-state index contributed by atoms with van der Waals surface area (Å²) in [5.74, 6) is 0. The zero-order valence-electron chi connectivity index (χ0n) is 9.78. The molecule has 1 aliphatic heterocycles. The fraction of sp³-hybridized carbons (Fsp3) is 0.133. The highest BCUT2D eigenvalue weighted by molar-refractivity contribution is 7.99. The van der Waals surface area contributed by atoms with E-state index in [9.17, 15) is 5.21 Å². The minimum absolute atomic E-state index is 0.326. The third kappa shape index (κ3) is 2.02. The molecule has 0 aliphatic carbocycles. The first-order valence-corrected chi connectivity index (χ1v) is 6.78. The lowest BCUT2D eigenvalue weighted by atomic mass is 10.0.